The van der Waals surface area contributed by atoms with Crippen LogP contribution in [0.25, 0.3) is 11.3 Å². The van der Waals surface area contributed by atoms with E-state index in [2.05, 4.69) is 27.2 Å². The molecule has 2 N–H and O–H groups in total. The van der Waals surface area contributed by atoms with Crippen LogP contribution >= 0.6 is 0 Å². The van der Waals surface area contributed by atoms with Gasteiger partial charge in [-0.2, -0.15) is 5.10 Å². The third-order valence-corrected chi connectivity index (χ3v) is 4.98. The van der Waals surface area contributed by atoms with Crippen LogP contribution in [-0.4, -0.2) is 34.7 Å². The van der Waals surface area contributed by atoms with Crippen LogP contribution in [0.15, 0.2) is 42.9 Å². The van der Waals surface area contributed by atoms with Crippen molar-refractivity contribution in [2.24, 2.45) is 7.05 Å². The van der Waals surface area contributed by atoms with E-state index >= 15 is 0 Å². The molecule has 1 aliphatic rings. The number of benzene rings is 1. The Morgan fingerprint density at radius 2 is 2.11 bits per heavy atom. The molecule has 1 unspecified atom stereocenters. The number of nitrogens with one attached hydrogen (secondary N) is 2. The Kier molecular flexibility index (Phi) is 3.28. The van der Waals surface area contributed by atoms with Gasteiger partial charge < -0.3 is 15.5 Å². The molecule has 0 saturated carbocycles. The Morgan fingerprint density at radius 1 is 1.26 bits per heavy atom. The maximum atomic E-state index is 12.5. The van der Waals surface area contributed by atoms with Crippen LogP contribution < -0.4 is 15.5 Å². The molecule has 1 aliphatic heterocycles. The molecule has 7 nitrogen and oxygen atoms in total. The molecular weight excluding hydrogens is 340 g/mol. The van der Waals surface area contributed by atoms with E-state index in [9.17, 15) is 4.79 Å². The molecule has 138 valence electrons. The van der Waals surface area contributed by atoms with Crippen molar-refractivity contribution in [2.45, 2.75) is 13.0 Å². The Bertz CT molecular complexity index is 1120. The van der Waals surface area contributed by atoms with Crippen LogP contribution in [-0.2, 0) is 7.05 Å². The Hall–Kier alpha value is -3.35. The molecule has 0 fully saturated rings. The van der Waals surface area contributed by atoms with Crippen LogP contribution in [0.2, 0.25) is 0 Å². The van der Waals surface area contributed by atoms with Crippen molar-refractivity contribution < 1.29 is 8.91 Å². The highest BCUT2D eigenvalue weighted by Crippen LogP contribution is 2.47. The fourth-order valence-electron chi connectivity index (χ4n) is 3.54. The van der Waals surface area contributed by atoms with Crippen molar-refractivity contribution in [3.63, 3.8) is 0 Å². The van der Waals surface area contributed by atoms with Gasteiger partial charge in [0.2, 0.25) is 0 Å². The van der Waals surface area contributed by atoms with Crippen molar-refractivity contribution in [3.05, 3.63) is 54.0 Å². The summed E-state index contributed by atoms with van der Waals surface area (Å²) in [5.74, 6) is -0.718. The van der Waals surface area contributed by atoms with Crippen molar-refractivity contribution in [2.75, 3.05) is 24.2 Å². The number of hydrogen-bond donors (Lipinski definition) is 2. The number of carbonyl (C=O) groups excluding carboxylic acids is 1. The lowest BCUT2D eigenvalue weighted by Gasteiger charge is -2.35. The number of aromatic nitrogens is 3. The fraction of sp³-hybridized carbons (Fsp3) is 0.250. The molecule has 7 heteroatoms. The summed E-state index contributed by atoms with van der Waals surface area (Å²) in [7, 11) is 3.92. The predicted molar refractivity (Wildman–Crippen MR) is 106 cm³/mol. The first kappa shape index (κ1) is 13.8. The van der Waals surface area contributed by atoms with Gasteiger partial charge in [0.25, 0.3) is 5.91 Å². The fourth-order valence-corrected chi connectivity index (χ4v) is 3.54. The molecule has 1 amide bonds. The number of carbonyl (C=O) groups is 1. The molecule has 0 bridgehead atoms. The number of fused-ring (bicyclic) bond motifs is 3. The van der Waals surface area contributed by atoms with E-state index in [1.165, 1.54) is 6.20 Å². The number of pyridine rings is 1. The van der Waals surface area contributed by atoms with Gasteiger partial charge in [-0.1, -0.05) is 12.1 Å². The van der Waals surface area contributed by atoms with Gasteiger partial charge in [-0.25, -0.2) is 0 Å². The minimum atomic E-state index is -2.58. The van der Waals surface area contributed by atoms with Crippen molar-refractivity contribution in [3.8, 4) is 11.3 Å². The minimum Gasteiger partial charge on any atom is -0.365 e. The number of hydrogen-bond acceptors (Lipinski definition) is 5. The Labute approximate surface area is 162 Å². The zero-order chi connectivity index (χ0) is 21.6. The smallest absolute Gasteiger partial charge is 0.254 e. The normalized spacial score (nSPS) is 17.2. The predicted octanol–water partition coefficient (Wildman–Crippen LogP) is 3.10. The molecule has 1 atom stereocenters. The van der Waals surface area contributed by atoms with Gasteiger partial charge >= 0.3 is 0 Å². The van der Waals surface area contributed by atoms with Gasteiger partial charge in [0, 0.05) is 54.9 Å². The molecule has 27 heavy (non-hydrogen) atoms. The number of rotatable bonds is 3. The quantitative estimate of drug-likeness (QED) is 0.746. The van der Waals surface area contributed by atoms with E-state index in [1.807, 2.05) is 48.5 Å². The van der Waals surface area contributed by atoms with Gasteiger partial charge in [-0.15, -0.1) is 0 Å². The summed E-state index contributed by atoms with van der Waals surface area (Å²) in [5.41, 5.74) is 5.41. The van der Waals surface area contributed by atoms with Crippen molar-refractivity contribution in [1.82, 2.24) is 20.1 Å². The Balaban J connectivity index is 1.77. The van der Waals surface area contributed by atoms with Gasteiger partial charge in [-0.05, 0) is 19.1 Å². The third-order valence-electron chi connectivity index (χ3n) is 4.98. The van der Waals surface area contributed by atoms with Crippen LogP contribution in [0, 0.1) is 0 Å². The number of aryl methyl sites for hydroxylation is 1. The largest absolute Gasteiger partial charge is 0.365 e. The molecule has 0 aliphatic carbocycles. The third kappa shape index (κ3) is 2.71. The number of amides is 1. The van der Waals surface area contributed by atoms with Gasteiger partial charge in [0.05, 0.1) is 34.4 Å². The summed E-state index contributed by atoms with van der Waals surface area (Å²) in [6, 6.07) is 7.62. The van der Waals surface area contributed by atoms with Crippen molar-refractivity contribution >= 4 is 23.0 Å². The molecule has 4 rings (SSSR count). The maximum absolute atomic E-state index is 12.5. The molecule has 3 aromatic rings. The van der Waals surface area contributed by atoms with E-state index in [-0.39, 0.29) is 11.6 Å². The summed E-state index contributed by atoms with van der Waals surface area (Å²) in [6.45, 7) is -0.469. The van der Waals surface area contributed by atoms with E-state index in [4.69, 9.17) is 4.11 Å². The number of nitrogens with zero attached hydrogens (tertiary/aromatic N) is 4. The molecule has 2 aromatic heterocycles. The second-order valence-electron chi connectivity index (χ2n) is 6.60. The highest BCUT2D eigenvalue weighted by molar-refractivity contribution is 6.01. The lowest BCUT2D eigenvalue weighted by molar-refractivity contribution is 0.0963. The van der Waals surface area contributed by atoms with E-state index in [0.29, 0.717) is 5.69 Å². The minimum absolute atomic E-state index is 0.111. The molecular formula is C20H22N6O. The molecule has 0 radical (unpaired) electrons. The van der Waals surface area contributed by atoms with E-state index in [1.54, 1.807) is 12.3 Å². The zero-order valence-corrected chi connectivity index (χ0v) is 15.3. The van der Waals surface area contributed by atoms with E-state index in [0.717, 1.165) is 28.2 Å². The summed E-state index contributed by atoms with van der Waals surface area (Å²) < 4.78 is 23.7. The molecule has 0 saturated heterocycles. The second-order valence-corrected chi connectivity index (χ2v) is 6.60. The number of anilines is 3. The average Bonchev–Trinajstić information content (AvgIpc) is 3.07. The zero-order valence-electron chi connectivity index (χ0n) is 18.3. The maximum Gasteiger partial charge on any atom is 0.254 e. The summed E-state index contributed by atoms with van der Waals surface area (Å²) >= 11 is 0. The topological polar surface area (TPSA) is 75.1 Å². The molecule has 3 heterocycles. The van der Waals surface area contributed by atoms with Crippen molar-refractivity contribution in [1.29, 1.82) is 0 Å². The first-order valence-corrected chi connectivity index (χ1v) is 8.59. The monoisotopic (exact) mass is 365 g/mol. The van der Waals surface area contributed by atoms with Crippen LogP contribution in [0.3, 0.4) is 0 Å². The lowest BCUT2D eigenvalue weighted by Crippen LogP contribution is -2.26. The highest BCUT2D eigenvalue weighted by Gasteiger charge is 2.30. The SMILES string of the molecule is [2H]C([2H])([2H])NC(=O)c1cnccc1Nc1cccc2c1N(C)C(C)c1cn(C)nc1-2. The summed E-state index contributed by atoms with van der Waals surface area (Å²) in [6.07, 6.45) is 4.93. The summed E-state index contributed by atoms with van der Waals surface area (Å²) in [5, 5.41) is 9.95. The second kappa shape index (κ2) is 6.42. The van der Waals surface area contributed by atoms with Gasteiger partial charge in [0.1, 0.15) is 0 Å². The number of para-hydroxylation sites is 1. The Morgan fingerprint density at radius 3 is 2.93 bits per heavy atom. The highest BCUT2D eigenvalue weighted by atomic mass is 16.1. The first-order chi connectivity index (χ1) is 14.2. The van der Waals surface area contributed by atoms with Gasteiger partial charge in [-0.3, -0.25) is 14.5 Å². The van der Waals surface area contributed by atoms with Crippen LogP contribution in [0.4, 0.5) is 17.1 Å². The summed E-state index contributed by atoms with van der Waals surface area (Å²) in [4.78, 5) is 18.6. The lowest BCUT2D eigenvalue weighted by atomic mass is 9.94. The van der Waals surface area contributed by atoms with E-state index < -0.39 is 12.9 Å². The molecule has 1 aromatic carbocycles. The average molecular weight is 365 g/mol. The standard InChI is InChI=1S/C20H22N6O/c1-12-15-11-25(3)24-18(15)13-6-5-7-17(19(13)26(12)4)23-16-8-9-22-10-14(16)20(27)21-2/h5-12H,1-4H3,(H,21,27)(H,22,23)/i2D3. The first-order valence-electron chi connectivity index (χ1n) is 10.1. The molecule has 0 spiro atoms. The van der Waals surface area contributed by atoms with Crippen LogP contribution in [0.5, 0.6) is 0 Å². The van der Waals surface area contributed by atoms with Gasteiger partial charge in [0.15, 0.2) is 0 Å². The van der Waals surface area contributed by atoms with Crippen LogP contribution in [0.1, 0.15) is 33.0 Å².